The molecule has 2 heterocycles. The molecule has 0 aromatic heterocycles. The van der Waals surface area contributed by atoms with E-state index < -0.39 is 5.97 Å². The molecule has 9 heteroatoms. The van der Waals surface area contributed by atoms with E-state index >= 15 is 0 Å². The Hall–Kier alpha value is -2.64. The lowest BCUT2D eigenvalue weighted by atomic mass is 9.84. The molecule has 0 unspecified atom stereocenters. The van der Waals surface area contributed by atoms with E-state index in [1.807, 2.05) is 31.4 Å². The molecule has 2 aliphatic rings. The number of anilines is 3. The number of carboxylic acids is 1. The van der Waals surface area contributed by atoms with E-state index in [1.54, 1.807) is 12.1 Å². The molecule has 204 valence electrons. The summed E-state index contributed by atoms with van der Waals surface area (Å²) >= 11 is 6.09. The molecule has 0 saturated carbocycles. The average molecular weight is 579 g/mol. The molecule has 0 bridgehead atoms. The maximum atomic E-state index is 11.1. The van der Waals surface area contributed by atoms with Gasteiger partial charge in [-0.2, -0.15) is 0 Å². The molecule has 0 spiro atoms. The number of nitrogens with zero attached hydrogens (tertiary/aromatic N) is 3. The lowest BCUT2D eigenvalue weighted by molar-refractivity contribution is -0.0346. The highest BCUT2D eigenvalue weighted by atomic mass is 35.5. The van der Waals surface area contributed by atoms with Gasteiger partial charge in [0, 0.05) is 68.5 Å². The first kappa shape index (κ1) is 29.9. The summed E-state index contributed by atoms with van der Waals surface area (Å²) in [6.45, 7) is 5.56. The zero-order valence-corrected chi connectivity index (χ0v) is 23.8. The monoisotopic (exact) mass is 577 g/mol. The van der Waals surface area contributed by atoms with Crippen LogP contribution in [0.25, 0.3) is 0 Å². The van der Waals surface area contributed by atoms with Crippen LogP contribution in [0.3, 0.4) is 0 Å². The summed E-state index contributed by atoms with van der Waals surface area (Å²) in [6, 6.07) is 24.1. The Bertz CT molecular complexity index is 1170. The second kappa shape index (κ2) is 12.9. The third kappa shape index (κ3) is 6.32. The second-order valence-corrected chi connectivity index (χ2v) is 9.97. The van der Waals surface area contributed by atoms with Crippen molar-refractivity contribution in [2.24, 2.45) is 0 Å². The number of methoxy groups -OCH3 is 1. The summed E-state index contributed by atoms with van der Waals surface area (Å²) in [5, 5.41) is 9.86. The first-order valence-corrected chi connectivity index (χ1v) is 12.8. The number of benzene rings is 3. The van der Waals surface area contributed by atoms with Crippen LogP contribution in [-0.4, -0.2) is 57.5 Å². The van der Waals surface area contributed by atoms with Gasteiger partial charge in [0.2, 0.25) is 0 Å². The van der Waals surface area contributed by atoms with Crippen molar-refractivity contribution in [2.75, 3.05) is 61.1 Å². The summed E-state index contributed by atoms with van der Waals surface area (Å²) in [6.07, 6.45) is 1.87. The normalized spacial score (nSPS) is 16.8. The van der Waals surface area contributed by atoms with Crippen LogP contribution in [0.4, 0.5) is 17.1 Å². The van der Waals surface area contributed by atoms with Crippen molar-refractivity contribution in [3.8, 4) is 0 Å². The van der Waals surface area contributed by atoms with E-state index in [9.17, 15) is 4.79 Å². The standard InChI is InChI=1S/C29H32ClN3O3.2ClH/c1-36-29(23-4-6-24(30)7-5-23)14-16-31(17-15-29)26-10-12-27(13-11-26)33-20-18-32(19-21-33)25-8-2-22(3-9-25)28(34)35;;/h2-13H,14-21H2,1H3,(H,34,35);2*1H. The molecular formula is C29H34Cl3N3O3. The number of piperidine rings is 1. The van der Waals surface area contributed by atoms with E-state index in [-0.39, 0.29) is 30.4 Å². The van der Waals surface area contributed by atoms with Gasteiger partial charge >= 0.3 is 5.97 Å². The van der Waals surface area contributed by atoms with Crippen molar-refractivity contribution in [3.05, 3.63) is 88.9 Å². The van der Waals surface area contributed by atoms with Gasteiger partial charge in [-0.1, -0.05) is 23.7 Å². The first-order valence-electron chi connectivity index (χ1n) is 12.5. The van der Waals surface area contributed by atoms with Crippen molar-refractivity contribution in [1.82, 2.24) is 0 Å². The highest BCUT2D eigenvalue weighted by Crippen LogP contribution is 2.38. The molecular weight excluding hydrogens is 545 g/mol. The number of ether oxygens (including phenoxy) is 1. The number of carbonyl (C=O) groups is 1. The summed E-state index contributed by atoms with van der Waals surface area (Å²) in [5.41, 5.74) is 4.83. The predicted molar refractivity (Wildman–Crippen MR) is 160 cm³/mol. The van der Waals surface area contributed by atoms with Crippen molar-refractivity contribution in [1.29, 1.82) is 0 Å². The SMILES string of the molecule is COC1(c2ccc(Cl)cc2)CCN(c2ccc(N3CCN(c4ccc(C(=O)O)cc4)CC3)cc2)CC1.Cl.Cl. The lowest BCUT2D eigenvalue weighted by Gasteiger charge is -2.42. The molecule has 38 heavy (non-hydrogen) atoms. The van der Waals surface area contributed by atoms with E-state index in [2.05, 4.69) is 51.1 Å². The molecule has 5 rings (SSSR count). The van der Waals surface area contributed by atoms with Crippen LogP contribution in [-0.2, 0) is 10.3 Å². The molecule has 6 nitrogen and oxygen atoms in total. The lowest BCUT2D eigenvalue weighted by Crippen LogP contribution is -2.46. The zero-order chi connectivity index (χ0) is 25.1. The van der Waals surface area contributed by atoms with Crippen LogP contribution in [0, 0.1) is 0 Å². The van der Waals surface area contributed by atoms with Crippen LogP contribution < -0.4 is 14.7 Å². The Morgan fingerprint density at radius 2 is 1.11 bits per heavy atom. The summed E-state index contributed by atoms with van der Waals surface area (Å²) in [4.78, 5) is 18.3. The van der Waals surface area contributed by atoms with E-state index in [0.29, 0.717) is 5.56 Å². The first-order chi connectivity index (χ1) is 17.5. The minimum atomic E-state index is -0.890. The van der Waals surface area contributed by atoms with Crippen LogP contribution in [0.5, 0.6) is 0 Å². The average Bonchev–Trinajstić information content (AvgIpc) is 2.94. The third-order valence-corrected chi connectivity index (χ3v) is 7.92. The van der Waals surface area contributed by atoms with Gasteiger partial charge in [0.25, 0.3) is 0 Å². The molecule has 0 atom stereocenters. The predicted octanol–water partition coefficient (Wildman–Crippen LogP) is 6.35. The number of rotatable bonds is 6. The van der Waals surface area contributed by atoms with Gasteiger partial charge in [0.15, 0.2) is 0 Å². The van der Waals surface area contributed by atoms with Gasteiger partial charge in [0.05, 0.1) is 11.2 Å². The minimum Gasteiger partial charge on any atom is -0.478 e. The third-order valence-electron chi connectivity index (χ3n) is 7.67. The Morgan fingerprint density at radius 3 is 1.50 bits per heavy atom. The second-order valence-electron chi connectivity index (χ2n) is 9.53. The topological polar surface area (TPSA) is 56.2 Å². The largest absolute Gasteiger partial charge is 0.478 e. The van der Waals surface area contributed by atoms with E-state index in [0.717, 1.165) is 62.8 Å². The van der Waals surface area contributed by atoms with E-state index in [4.69, 9.17) is 21.4 Å². The Balaban J connectivity index is 0.00000200. The fourth-order valence-electron chi connectivity index (χ4n) is 5.40. The molecule has 0 radical (unpaired) electrons. The molecule has 3 aromatic carbocycles. The summed E-state index contributed by atoms with van der Waals surface area (Å²) in [7, 11) is 1.81. The van der Waals surface area contributed by atoms with Gasteiger partial charge in [-0.05, 0) is 79.1 Å². The highest BCUT2D eigenvalue weighted by Gasteiger charge is 2.36. The fourth-order valence-corrected chi connectivity index (χ4v) is 5.53. The maximum Gasteiger partial charge on any atom is 0.335 e. The summed E-state index contributed by atoms with van der Waals surface area (Å²) < 4.78 is 6.04. The van der Waals surface area contributed by atoms with Crippen molar-refractivity contribution in [3.63, 3.8) is 0 Å². The molecule has 0 aliphatic carbocycles. The molecule has 2 aliphatic heterocycles. The molecule has 2 saturated heterocycles. The quantitative estimate of drug-likeness (QED) is 0.368. The number of hydrogen-bond acceptors (Lipinski definition) is 5. The molecule has 3 aromatic rings. The van der Waals surface area contributed by atoms with Crippen molar-refractivity contribution >= 4 is 59.4 Å². The number of hydrogen-bond donors (Lipinski definition) is 1. The maximum absolute atomic E-state index is 11.1. The van der Waals surface area contributed by atoms with Gasteiger partial charge in [-0.15, -0.1) is 24.8 Å². The fraction of sp³-hybridized carbons (Fsp3) is 0.345. The number of carboxylic acid groups (broad SMARTS) is 1. The number of halogens is 3. The zero-order valence-electron chi connectivity index (χ0n) is 21.4. The van der Waals surface area contributed by atoms with Crippen molar-refractivity contribution < 1.29 is 14.6 Å². The van der Waals surface area contributed by atoms with E-state index in [1.165, 1.54) is 16.9 Å². The molecule has 1 N–H and O–H groups in total. The Kier molecular flexibility index (Phi) is 10.2. The van der Waals surface area contributed by atoms with Crippen LogP contribution >= 0.6 is 36.4 Å². The number of piperazine rings is 1. The van der Waals surface area contributed by atoms with Gasteiger partial charge in [-0.3, -0.25) is 0 Å². The highest BCUT2D eigenvalue weighted by molar-refractivity contribution is 6.30. The van der Waals surface area contributed by atoms with Crippen LogP contribution in [0.15, 0.2) is 72.8 Å². The molecule has 2 fully saturated rings. The minimum absolute atomic E-state index is 0. The Labute approximate surface area is 242 Å². The molecule has 0 amide bonds. The van der Waals surface area contributed by atoms with Crippen molar-refractivity contribution in [2.45, 2.75) is 18.4 Å². The smallest absolute Gasteiger partial charge is 0.335 e. The van der Waals surface area contributed by atoms with Gasteiger partial charge in [0.1, 0.15) is 0 Å². The Morgan fingerprint density at radius 1 is 0.711 bits per heavy atom. The van der Waals surface area contributed by atoms with Crippen LogP contribution in [0.1, 0.15) is 28.8 Å². The summed E-state index contributed by atoms with van der Waals surface area (Å²) in [5.74, 6) is -0.890. The van der Waals surface area contributed by atoms with Gasteiger partial charge in [-0.25, -0.2) is 4.79 Å². The van der Waals surface area contributed by atoms with Gasteiger partial charge < -0.3 is 24.5 Å². The van der Waals surface area contributed by atoms with Crippen LogP contribution in [0.2, 0.25) is 5.02 Å². The number of aromatic carboxylic acids is 1.